The number of nitrogens with zero attached hydrogens (tertiary/aromatic N) is 1. The van der Waals surface area contributed by atoms with Crippen molar-refractivity contribution in [2.75, 3.05) is 23.7 Å². The summed E-state index contributed by atoms with van der Waals surface area (Å²) >= 11 is 0. The number of anilines is 2. The Morgan fingerprint density at radius 2 is 1.61 bits per heavy atom. The molecule has 2 aromatic rings. The van der Waals surface area contributed by atoms with E-state index in [0.29, 0.717) is 5.69 Å². The second-order valence-electron chi connectivity index (χ2n) is 5.04. The number of rotatable bonds is 4. The Hall–Kier alpha value is -2.22. The topological polar surface area (TPSA) is 49.4 Å². The van der Waals surface area contributed by atoms with Gasteiger partial charge in [0.15, 0.2) is 0 Å². The summed E-state index contributed by atoms with van der Waals surface area (Å²) in [6.45, 7) is 0. The minimum Gasteiger partial charge on any atom is -0.376 e. The standard InChI is InChI=1S/C15H15F3N2O2S/c1-20(2)14-9-8-11(15(16,17)18)10-13(14)19-23(21,22)12-6-4-3-5-7-12/h3-10,19H,1-2H3. The van der Waals surface area contributed by atoms with Gasteiger partial charge in [-0.2, -0.15) is 13.2 Å². The summed E-state index contributed by atoms with van der Waals surface area (Å²) < 4.78 is 65.5. The first-order chi connectivity index (χ1) is 10.6. The lowest BCUT2D eigenvalue weighted by Gasteiger charge is -2.20. The lowest BCUT2D eigenvalue weighted by Crippen LogP contribution is -2.18. The van der Waals surface area contributed by atoms with E-state index in [4.69, 9.17) is 0 Å². The molecular weight excluding hydrogens is 329 g/mol. The van der Waals surface area contributed by atoms with Gasteiger partial charge in [-0.05, 0) is 30.3 Å². The molecule has 0 aliphatic heterocycles. The van der Waals surface area contributed by atoms with Gasteiger partial charge in [0.25, 0.3) is 10.0 Å². The fraction of sp³-hybridized carbons (Fsp3) is 0.200. The van der Waals surface area contributed by atoms with Crippen molar-refractivity contribution in [3.8, 4) is 0 Å². The third-order valence-corrected chi connectivity index (χ3v) is 4.48. The normalized spacial score (nSPS) is 12.0. The molecule has 0 aromatic heterocycles. The zero-order chi connectivity index (χ0) is 17.3. The number of sulfonamides is 1. The van der Waals surface area contributed by atoms with Crippen molar-refractivity contribution in [1.82, 2.24) is 0 Å². The first kappa shape index (κ1) is 17.1. The molecule has 0 heterocycles. The van der Waals surface area contributed by atoms with E-state index < -0.39 is 21.8 Å². The van der Waals surface area contributed by atoms with Crippen LogP contribution in [0.15, 0.2) is 53.4 Å². The zero-order valence-electron chi connectivity index (χ0n) is 12.4. The number of hydrogen-bond donors (Lipinski definition) is 1. The van der Waals surface area contributed by atoms with Crippen molar-refractivity contribution in [2.45, 2.75) is 11.1 Å². The van der Waals surface area contributed by atoms with Crippen molar-refractivity contribution in [2.24, 2.45) is 0 Å². The summed E-state index contributed by atoms with van der Waals surface area (Å²) in [7, 11) is -0.748. The van der Waals surface area contributed by atoms with Crippen molar-refractivity contribution in [1.29, 1.82) is 0 Å². The SMILES string of the molecule is CN(C)c1ccc(C(F)(F)F)cc1NS(=O)(=O)c1ccccc1. The van der Waals surface area contributed by atoms with Gasteiger partial charge in [-0.3, -0.25) is 4.72 Å². The molecule has 0 unspecified atom stereocenters. The number of halogens is 3. The minimum absolute atomic E-state index is 0.0258. The third kappa shape index (κ3) is 3.95. The lowest BCUT2D eigenvalue weighted by molar-refractivity contribution is -0.137. The maximum atomic E-state index is 12.9. The molecule has 8 heteroatoms. The molecule has 0 saturated heterocycles. The van der Waals surface area contributed by atoms with Crippen LogP contribution in [-0.2, 0) is 16.2 Å². The predicted octanol–water partition coefficient (Wildman–Crippen LogP) is 3.57. The second-order valence-corrected chi connectivity index (χ2v) is 6.73. The Kier molecular flexibility index (Phi) is 4.56. The van der Waals surface area contributed by atoms with Gasteiger partial charge in [0.2, 0.25) is 0 Å². The first-order valence-electron chi connectivity index (χ1n) is 6.58. The highest BCUT2D eigenvalue weighted by atomic mass is 32.2. The summed E-state index contributed by atoms with van der Waals surface area (Å²) in [5, 5.41) is 0. The van der Waals surface area contributed by atoms with Gasteiger partial charge < -0.3 is 4.90 Å². The Balaban J connectivity index is 2.49. The maximum Gasteiger partial charge on any atom is 0.416 e. The van der Waals surface area contributed by atoms with Crippen LogP contribution in [0.2, 0.25) is 0 Å². The van der Waals surface area contributed by atoms with E-state index in [0.717, 1.165) is 12.1 Å². The smallest absolute Gasteiger partial charge is 0.376 e. The van der Waals surface area contributed by atoms with Crippen molar-refractivity contribution in [3.63, 3.8) is 0 Å². The minimum atomic E-state index is -4.56. The maximum absolute atomic E-state index is 12.9. The number of nitrogens with one attached hydrogen (secondary N) is 1. The molecule has 0 bridgehead atoms. The van der Waals surface area contributed by atoms with Crippen LogP contribution < -0.4 is 9.62 Å². The Morgan fingerprint density at radius 1 is 1.00 bits per heavy atom. The molecule has 0 amide bonds. The Bertz CT molecular complexity index is 788. The molecule has 124 valence electrons. The molecule has 1 N–H and O–H groups in total. The second kappa shape index (κ2) is 6.11. The molecule has 0 spiro atoms. The van der Waals surface area contributed by atoms with E-state index in [1.807, 2.05) is 0 Å². The average molecular weight is 344 g/mol. The number of benzene rings is 2. The van der Waals surface area contributed by atoms with Crippen LogP contribution in [0.3, 0.4) is 0 Å². The summed E-state index contributed by atoms with van der Waals surface area (Å²) in [4.78, 5) is 1.50. The highest BCUT2D eigenvalue weighted by molar-refractivity contribution is 7.92. The van der Waals surface area contributed by atoms with Gasteiger partial charge in [0.1, 0.15) is 0 Å². The van der Waals surface area contributed by atoms with Crippen LogP contribution >= 0.6 is 0 Å². The van der Waals surface area contributed by atoms with Gasteiger partial charge in [0.05, 0.1) is 21.8 Å². The van der Waals surface area contributed by atoms with Gasteiger partial charge in [-0.15, -0.1) is 0 Å². The highest BCUT2D eigenvalue weighted by Gasteiger charge is 2.31. The number of alkyl halides is 3. The van der Waals surface area contributed by atoms with Crippen LogP contribution in [0.5, 0.6) is 0 Å². The van der Waals surface area contributed by atoms with Gasteiger partial charge in [-0.25, -0.2) is 8.42 Å². The highest BCUT2D eigenvalue weighted by Crippen LogP contribution is 2.35. The molecule has 0 saturated carbocycles. The zero-order valence-corrected chi connectivity index (χ0v) is 13.2. The number of hydrogen-bond acceptors (Lipinski definition) is 3. The van der Waals surface area contributed by atoms with Crippen molar-refractivity contribution in [3.05, 3.63) is 54.1 Å². The fourth-order valence-corrected chi connectivity index (χ4v) is 3.07. The van der Waals surface area contributed by atoms with Crippen molar-refractivity contribution < 1.29 is 21.6 Å². The van der Waals surface area contributed by atoms with E-state index in [9.17, 15) is 21.6 Å². The molecule has 23 heavy (non-hydrogen) atoms. The molecule has 0 atom stereocenters. The molecule has 0 radical (unpaired) electrons. The third-order valence-electron chi connectivity index (χ3n) is 3.10. The van der Waals surface area contributed by atoms with E-state index in [-0.39, 0.29) is 10.6 Å². The van der Waals surface area contributed by atoms with E-state index in [1.54, 1.807) is 20.2 Å². The van der Waals surface area contributed by atoms with Crippen molar-refractivity contribution >= 4 is 21.4 Å². The molecule has 4 nitrogen and oxygen atoms in total. The van der Waals surface area contributed by atoms with Crippen LogP contribution in [0.1, 0.15) is 5.56 Å². The predicted molar refractivity (Wildman–Crippen MR) is 83.0 cm³/mol. The summed E-state index contributed by atoms with van der Waals surface area (Å²) in [5.74, 6) is 0. The van der Waals surface area contributed by atoms with Crippen LogP contribution in [0, 0.1) is 0 Å². The van der Waals surface area contributed by atoms with E-state index in [2.05, 4.69) is 4.72 Å². The molecule has 0 aliphatic rings. The largest absolute Gasteiger partial charge is 0.416 e. The molecule has 0 aliphatic carbocycles. The van der Waals surface area contributed by atoms with Gasteiger partial charge in [-0.1, -0.05) is 18.2 Å². The molecular formula is C15H15F3N2O2S. The average Bonchev–Trinajstić information content (AvgIpc) is 2.46. The Morgan fingerprint density at radius 3 is 2.13 bits per heavy atom. The fourth-order valence-electron chi connectivity index (χ4n) is 1.99. The van der Waals surface area contributed by atoms with E-state index in [1.165, 1.54) is 35.2 Å². The molecule has 2 rings (SSSR count). The monoisotopic (exact) mass is 344 g/mol. The van der Waals surface area contributed by atoms with Gasteiger partial charge >= 0.3 is 6.18 Å². The summed E-state index contributed by atoms with van der Waals surface area (Å²) in [5.41, 5.74) is -0.722. The van der Waals surface area contributed by atoms with E-state index >= 15 is 0 Å². The molecule has 2 aromatic carbocycles. The lowest BCUT2D eigenvalue weighted by atomic mass is 10.1. The first-order valence-corrected chi connectivity index (χ1v) is 8.06. The van der Waals surface area contributed by atoms with Crippen LogP contribution in [0.25, 0.3) is 0 Å². The Labute approximate surface area is 132 Å². The van der Waals surface area contributed by atoms with Gasteiger partial charge in [0, 0.05) is 14.1 Å². The quantitative estimate of drug-likeness (QED) is 0.922. The molecule has 0 fully saturated rings. The summed E-state index contributed by atoms with van der Waals surface area (Å²) in [6, 6.07) is 10.4. The summed E-state index contributed by atoms with van der Waals surface area (Å²) in [6.07, 6.45) is -4.56. The van der Waals surface area contributed by atoms with Crippen LogP contribution in [-0.4, -0.2) is 22.5 Å². The van der Waals surface area contributed by atoms with Crippen LogP contribution in [0.4, 0.5) is 24.5 Å².